The van der Waals surface area contributed by atoms with Gasteiger partial charge in [0.1, 0.15) is 5.75 Å². The van der Waals surface area contributed by atoms with Gasteiger partial charge in [0.25, 0.3) is 0 Å². The molecule has 1 fully saturated rings. The van der Waals surface area contributed by atoms with Crippen LogP contribution in [0.3, 0.4) is 0 Å². The lowest BCUT2D eigenvalue weighted by Gasteiger charge is -2.29. The molecule has 2 nitrogen and oxygen atoms in total. The van der Waals surface area contributed by atoms with E-state index in [0.29, 0.717) is 0 Å². The molecule has 1 saturated carbocycles. The van der Waals surface area contributed by atoms with Gasteiger partial charge in [-0.2, -0.15) is 0 Å². The first kappa shape index (κ1) is 15.4. The molecule has 0 aromatic heterocycles. The van der Waals surface area contributed by atoms with Gasteiger partial charge < -0.3 is 9.84 Å². The van der Waals surface area contributed by atoms with Crippen LogP contribution in [0.2, 0.25) is 0 Å². The third-order valence-corrected chi connectivity index (χ3v) is 4.56. The molecule has 0 amide bonds. The zero-order chi connectivity index (χ0) is 14.3. The van der Waals surface area contributed by atoms with Gasteiger partial charge in [-0.1, -0.05) is 63.5 Å². The summed E-state index contributed by atoms with van der Waals surface area (Å²) in [4.78, 5) is 0. The minimum Gasteiger partial charge on any atom is -0.497 e. The molecular weight excluding hydrogens is 248 g/mol. The number of aliphatic hydroxyl groups is 1. The van der Waals surface area contributed by atoms with Gasteiger partial charge in [0.05, 0.1) is 12.7 Å². The van der Waals surface area contributed by atoms with Crippen molar-refractivity contribution in [3.8, 4) is 5.75 Å². The number of hydrogen-bond donors (Lipinski definition) is 1. The fourth-order valence-corrected chi connectivity index (χ4v) is 3.21. The first-order valence-corrected chi connectivity index (χ1v) is 8.11. The SMILES string of the molecule is COc1ccc(C2(O)CCCCCCCCCC2)cc1. The van der Waals surface area contributed by atoms with E-state index in [0.717, 1.165) is 37.0 Å². The Kier molecular flexibility index (Phi) is 5.90. The molecule has 20 heavy (non-hydrogen) atoms. The smallest absolute Gasteiger partial charge is 0.118 e. The van der Waals surface area contributed by atoms with Crippen LogP contribution < -0.4 is 4.74 Å². The number of benzene rings is 1. The molecule has 0 heterocycles. The van der Waals surface area contributed by atoms with E-state index in [-0.39, 0.29) is 0 Å². The molecule has 2 rings (SSSR count). The summed E-state index contributed by atoms with van der Waals surface area (Å²) in [5, 5.41) is 11.1. The molecule has 0 atom stereocenters. The van der Waals surface area contributed by atoms with Crippen LogP contribution in [0.5, 0.6) is 5.75 Å². The highest BCUT2D eigenvalue weighted by Crippen LogP contribution is 2.34. The molecule has 0 aliphatic heterocycles. The van der Waals surface area contributed by atoms with Crippen LogP contribution >= 0.6 is 0 Å². The van der Waals surface area contributed by atoms with Gasteiger partial charge in [-0.3, -0.25) is 0 Å². The Morgan fingerprint density at radius 1 is 0.800 bits per heavy atom. The summed E-state index contributed by atoms with van der Waals surface area (Å²) in [5.41, 5.74) is 0.411. The molecule has 0 unspecified atom stereocenters. The summed E-state index contributed by atoms with van der Waals surface area (Å²) in [7, 11) is 1.68. The van der Waals surface area contributed by atoms with Crippen molar-refractivity contribution >= 4 is 0 Å². The molecule has 0 spiro atoms. The van der Waals surface area contributed by atoms with Crippen LogP contribution in [-0.2, 0) is 5.60 Å². The average molecular weight is 276 g/mol. The minimum atomic E-state index is -0.642. The van der Waals surface area contributed by atoms with E-state index >= 15 is 0 Å². The van der Waals surface area contributed by atoms with E-state index in [2.05, 4.69) is 0 Å². The Morgan fingerprint density at radius 2 is 1.25 bits per heavy atom. The quantitative estimate of drug-likeness (QED) is 0.841. The molecule has 1 aliphatic rings. The van der Waals surface area contributed by atoms with E-state index in [9.17, 15) is 5.11 Å². The Bertz CT molecular complexity index is 371. The molecule has 1 aromatic rings. The van der Waals surface area contributed by atoms with E-state index in [1.807, 2.05) is 24.3 Å². The zero-order valence-corrected chi connectivity index (χ0v) is 12.7. The number of hydrogen-bond acceptors (Lipinski definition) is 2. The van der Waals surface area contributed by atoms with Crippen molar-refractivity contribution in [1.82, 2.24) is 0 Å². The number of methoxy groups -OCH3 is 1. The van der Waals surface area contributed by atoms with Crippen molar-refractivity contribution in [2.75, 3.05) is 7.11 Å². The third kappa shape index (κ3) is 4.24. The summed E-state index contributed by atoms with van der Waals surface area (Å²) in [6.07, 6.45) is 11.9. The highest BCUT2D eigenvalue weighted by molar-refractivity contribution is 5.30. The number of ether oxygens (including phenoxy) is 1. The fraction of sp³-hybridized carbons (Fsp3) is 0.667. The monoisotopic (exact) mass is 276 g/mol. The van der Waals surface area contributed by atoms with E-state index < -0.39 is 5.60 Å². The molecule has 2 heteroatoms. The van der Waals surface area contributed by atoms with Gasteiger partial charge >= 0.3 is 0 Å². The van der Waals surface area contributed by atoms with Crippen LogP contribution in [-0.4, -0.2) is 12.2 Å². The maximum absolute atomic E-state index is 11.1. The second-order valence-electron chi connectivity index (χ2n) is 6.09. The molecule has 1 aromatic carbocycles. The van der Waals surface area contributed by atoms with Gasteiger partial charge in [0.2, 0.25) is 0 Å². The normalized spacial score (nSPS) is 20.9. The van der Waals surface area contributed by atoms with Gasteiger partial charge in [-0.05, 0) is 30.5 Å². The van der Waals surface area contributed by atoms with Crippen molar-refractivity contribution in [2.24, 2.45) is 0 Å². The average Bonchev–Trinajstić information content (AvgIpc) is 2.53. The van der Waals surface area contributed by atoms with Crippen LogP contribution in [0.25, 0.3) is 0 Å². The second kappa shape index (κ2) is 7.68. The maximum atomic E-state index is 11.1. The van der Waals surface area contributed by atoms with Crippen molar-refractivity contribution < 1.29 is 9.84 Å². The lowest BCUT2D eigenvalue weighted by molar-refractivity contribution is 0.0136. The van der Waals surface area contributed by atoms with Crippen LogP contribution in [0.15, 0.2) is 24.3 Å². The first-order valence-electron chi connectivity index (χ1n) is 8.11. The summed E-state index contributed by atoms with van der Waals surface area (Å²) < 4.78 is 5.21. The van der Waals surface area contributed by atoms with Crippen molar-refractivity contribution in [3.05, 3.63) is 29.8 Å². The van der Waals surface area contributed by atoms with Crippen LogP contribution in [0, 0.1) is 0 Å². The Hall–Kier alpha value is -1.02. The van der Waals surface area contributed by atoms with Gasteiger partial charge in [0.15, 0.2) is 0 Å². The fourth-order valence-electron chi connectivity index (χ4n) is 3.21. The van der Waals surface area contributed by atoms with Crippen molar-refractivity contribution in [1.29, 1.82) is 0 Å². The van der Waals surface area contributed by atoms with Crippen molar-refractivity contribution in [2.45, 2.75) is 69.8 Å². The van der Waals surface area contributed by atoms with Gasteiger partial charge in [-0.25, -0.2) is 0 Å². The first-order chi connectivity index (χ1) is 9.74. The molecule has 112 valence electrons. The molecule has 1 aliphatic carbocycles. The standard InChI is InChI=1S/C18H28O2/c1-20-17-12-10-16(11-13-17)18(19)14-8-6-4-2-3-5-7-9-15-18/h10-13,19H,2-9,14-15H2,1H3. The topological polar surface area (TPSA) is 29.5 Å². The molecular formula is C18H28O2. The van der Waals surface area contributed by atoms with Gasteiger partial charge in [0, 0.05) is 0 Å². The predicted molar refractivity (Wildman–Crippen MR) is 83.1 cm³/mol. The largest absolute Gasteiger partial charge is 0.497 e. The highest BCUT2D eigenvalue weighted by atomic mass is 16.5. The highest BCUT2D eigenvalue weighted by Gasteiger charge is 2.28. The number of rotatable bonds is 2. The third-order valence-electron chi connectivity index (χ3n) is 4.56. The van der Waals surface area contributed by atoms with E-state index in [1.165, 1.54) is 38.5 Å². The molecule has 0 bridgehead atoms. The van der Waals surface area contributed by atoms with E-state index in [4.69, 9.17) is 4.74 Å². The lowest BCUT2D eigenvalue weighted by atomic mass is 9.84. The Labute approximate surface area is 123 Å². The molecule has 0 saturated heterocycles. The van der Waals surface area contributed by atoms with E-state index in [1.54, 1.807) is 7.11 Å². The summed E-state index contributed by atoms with van der Waals surface area (Å²) in [6, 6.07) is 7.97. The Balaban J connectivity index is 2.08. The summed E-state index contributed by atoms with van der Waals surface area (Å²) >= 11 is 0. The second-order valence-corrected chi connectivity index (χ2v) is 6.09. The van der Waals surface area contributed by atoms with Crippen LogP contribution in [0.1, 0.15) is 69.8 Å². The van der Waals surface area contributed by atoms with Gasteiger partial charge in [-0.15, -0.1) is 0 Å². The predicted octanol–water partition coefficient (Wildman–Crippen LogP) is 4.80. The minimum absolute atomic E-state index is 0.642. The van der Waals surface area contributed by atoms with Crippen LogP contribution in [0.4, 0.5) is 0 Å². The van der Waals surface area contributed by atoms with Crippen molar-refractivity contribution in [3.63, 3.8) is 0 Å². The molecule has 1 N–H and O–H groups in total. The summed E-state index contributed by atoms with van der Waals surface area (Å²) in [5.74, 6) is 0.856. The summed E-state index contributed by atoms with van der Waals surface area (Å²) in [6.45, 7) is 0. The Morgan fingerprint density at radius 3 is 1.70 bits per heavy atom. The molecule has 0 radical (unpaired) electrons. The zero-order valence-electron chi connectivity index (χ0n) is 12.7. The lowest BCUT2D eigenvalue weighted by Crippen LogP contribution is -2.25. The maximum Gasteiger partial charge on any atom is 0.118 e.